The molecule has 0 atom stereocenters. The maximum Gasteiger partial charge on any atom is 0.255 e. The van der Waals surface area contributed by atoms with Gasteiger partial charge in [-0.05, 0) is 42.5 Å². The number of amides is 1. The van der Waals surface area contributed by atoms with E-state index in [9.17, 15) is 4.79 Å². The number of rotatable bonds is 7. The van der Waals surface area contributed by atoms with Crippen molar-refractivity contribution in [2.45, 2.75) is 0 Å². The van der Waals surface area contributed by atoms with Gasteiger partial charge < -0.3 is 19.5 Å². The van der Waals surface area contributed by atoms with Crippen LogP contribution in [0.2, 0.25) is 0 Å². The molecule has 6 heteroatoms. The van der Waals surface area contributed by atoms with Gasteiger partial charge in [0.2, 0.25) is 0 Å². The molecule has 0 spiro atoms. The first-order valence-electron chi connectivity index (χ1n) is 8.32. The number of anilines is 1. The Labute approximate surface area is 157 Å². The second-order valence-electron chi connectivity index (χ2n) is 5.63. The molecule has 0 fully saturated rings. The van der Waals surface area contributed by atoms with Crippen molar-refractivity contribution < 1.29 is 19.0 Å². The highest BCUT2D eigenvalue weighted by Gasteiger charge is 2.14. The summed E-state index contributed by atoms with van der Waals surface area (Å²) in [6, 6.07) is 12.3. The first-order valence-corrected chi connectivity index (χ1v) is 8.32. The summed E-state index contributed by atoms with van der Waals surface area (Å²) >= 11 is 0. The summed E-state index contributed by atoms with van der Waals surface area (Å²) in [6.45, 7) is 3.97. The Morgan fingerprint density at radius 3 is 2.63 bits per heavy atom. The Bertz CT molecular complexity index is 985. The van der Waals surface area contributed by atoms with E-state index in [1.54, 1.807) is 49.7 Å². The molecule has 6 nitrogen and oxygen atoms in total. The molecule has 0 saturated carbocycles. The second-order valence-corrected chi connectivity index (χ2v) is 5.63. The average Bonchev–Trinajstić information content (AvgIpc) is 2.72. The Morgan fingerprint density at radius 2 is 1.89 bits per heavy atom. The van der Waals surface area contributed by atoms with Crippen LogP contribution in [-0.4, -0.2) is 31.7 Å². The molecule has 1 N–H and O–H groups in total. The summed E-state index contributed by atoms with van der Waals surface area (Å²) in [5, 5.41) is 3.71. The largest absolute Gasteiger partial charge is 0.494 e. The molecule has 1 aromatic heterocycles. The summed E-state index contributed by atoms with van der Waals surface area (Å²) in [6.07, 6.45) is 3.33. The van der Waals surface area contributed by atoms with E-state index < -0.39 is 0 Å². The molecule has 0 radical (unpaired) electrons. The van der Waals surface area contributed by atoms with Gasteiger partial charge in [-0.3, -0.25) is 9.78 Å². The number of aromatic nitrogens is 1. The van der Waals surface area contributed by atoms with Gasteiger partial charge in [0.25, 0.3) is 5.91 Å². The van der Waals surface area contributed by atoms with E-state index in [-0.39, 0.29) is 5.91 Å². The Kier molecular flexibility index (Phi) is 5.56. The molecule has 0 aliphatic carbocycles. The van der Waals surface area contributed by atoms with Crippen LogP contribution >= 0.6 is 0 Å². The number of hydrogen-bond acceptors (Lipinski definition) is 5. The summed E-state index contributed by atoms with van der Waals surface area (Å²) < 4.78 is 16.2. The van der Waals surface area contributed by atoms with Gasteiger partial charge in [-0.2, -0.15) is 0 Å². The summed E-state index contributed by atoms with van der Waals surface area (Å²) in [5.41, 5.74) is 1.78. The van der Waals surface area contributed by atoms with Crippen molar-refractivity contribution in [3.8, 4) is 17.2 Å². The van der Waals surface area contributed by atoms with Crippen molar-refractivity contribution >= 4 is 22.5 Å². The summed E-state index contributed by atoms with van der Waals surface area (Å²) in [7, 11) is 3.12. The first kappa shape index (κ1) is 18.3. The minimum atomic E-state index is -0.265. The van der Waals surface area contributed by atoms with Crippen LogP contribution in [0, 0.1) is 0 Å². The monoisotopic (exact) mass is 364 g/mol. The molecule has 3 aromatic rings. The highest BCUT2D eigenvalue weighted by Crippen LogP contribution is 2.31. The SMILES string of the molecule is C=CCOc1ccc(C(=O)Nc2ccc(OC)c3ncccc23)cc1OC. The van der Waals surface area contributed by atoms with Crippen molar-refractivity contribution in [1.82, 2.24) is 4.98 Å². The maximum atomic E-state index is 12.7. The number of methoxy groups -OCH3 is 2. The van der Waals surface area contributed by atoms with E-state index in [0.717, 1.165) is 5.39 Å². The molecule has 27 heavy (non-hydrogen) atoms. The van der Waals surface area contributed by atoms with E-state index in [0.29, 0.717) is 40.6 Å². The minimum absolute atomic E-state index is 0.265. The van der Waals surface area contributed by atoms with Gasteiger partial charge in [0.15, 0.2) is 11.5 Å². The van der Waals surface area contributed by atoms with Gasteiger partial charge in [-0.1, -0.05) is 12.7 Å². The zero-order valence-electron chi connectivity index (χ0n) is 15.2. The quantitative estimate of drug-likeness (QED) is 0.640. The number of benzene rings is 2. The van der Waals surface area contributed by atoms with Crippen molar-refractivity contribution in [3.63, 3.8) is 0 Å². The predicted molar refractivity (Wildman–Crippen MR) is 105 cm³/mol. The van der Waals surface area contributed by atoms with Gasteiger partial charge in [0.05, 0.1) is 19.9 Å². The van der Waals surface area contributed by atoms with Crippen molar-refractivity contribution in [2.75, 3.05) is 26.1 Å². The topological polar surface area (TPSA) is 69.7 Å². The van der Waals surface area contributed by atoms with Crippen molar-refractivity contribution in [2.24, 2.45) is 0 Å². The van der Waals surface area contributed by atoms with E-state index in [2.05, 4.69) is 16.9 Å². The van der Waals surface area contributed by atoms with Crippen LogP contribution in [0.3, 0.4) is 0 Å². The molecule has 0 aliphatic rings. The molecular weight excluding hydrogens is 344 g/mol. The fourth-order valence-electron chi connectivity index (χ4n) is 2.69. The third kappa shape index (κ3) is 3.84. The normalized spacial score (nSPS) is 10.3. The lowest BCUT2D eigenvalue weighted by molar-refractivity contribution is 0.102. The number of hydrogen-bond donors (Lipinski definition) is 1. The number of carbonyl (C=O) groups excluding carboxylic acids is 1. The van der Waals surface area contributed by atoms with Gasteiger partial charge >= 0.3 is 0 Å². The summed E-state index contributed by atoms with van der Waals surface area (Å²) in [4.78, 5) is 17.1. The fourth-order valence-corrected chi connectivity index (χ4v) is 2.69. The van der Waals surface area contributed by atoms with Crippen LogP contribution in [0.25, 0.3) is 10.9 Å². The van der Waals surface area contributed by atoms with Gasteiger partial charge in [-0.15, -0.1) is 0 Å². The molecule has 1 heterocycles. The Balaban J connectivity index is 1.90. The third-order valence-electron chi connectivity index (χ3n) is 3.98. The predicted octanol–water partition coefficient (Wildman–Crippen LogP) is 4.07. The van der Waals surface area contributed by atoms with Crippen LogP contribution in [0.4, 0.5) is 5.69 Å². The van der Waals surface area contributed by atoms with Crippen LogP contribution in [0.5, 0.6) is 17.2 Å². The fraction of sp³-hybridized carbons (Fsp3) is 0.143. The standard InChI is InChI=1S/C21H20N2O4/c1-4-12-27-17-9-7-14(13-19(17)26-3)21(24)23-16-8-10-18(25-2)20-15(16)6-5-11-22-20/h4-11,13H,1,12H2,2-3H3,(H,23,24). The number of nitrogens with one attached hydrogen (secondary N) is 1. The number of pyridine rings is 1. The lowest BCUT2D eigenvalue weighted by atomic mass is 10.1. The van der Waals surface area contributed by atoms with E-state index >= 15 is 0 Å². The minimum Gasteiger partial charge on any atom is -0.494 e. The van der Waals surface area contributed by atoms with Crippen LogP contribution in [0.15, 0.2) is 61.3 Å². The molecule has 0 aliphatic heterocycles. The van der Waals surface area contributed by atoms with Crippen molar-refractivity contribution in [1.29, 1.82) is 0 Å². The lowest BCUT2D eigenvalue weighted by Gasteiger charge is -2.13. The average molecular weight is 364 g/mol. The number of ether oxygens (including phenoxy) is 3. The summed E-state index contributed by atoms with van der Waals surface area (Å²) in [5.74, 6) is 1.41. The maximum absolute atomic E-state index is 12.7. The molecular formula is C21H20N2O4. The number of nitrogens with zero attached hydrogens (tertiary/aromatic N) is 1. The molecule has 138 valence electrons. The Morgan fingerprint density at radius 1 is 1.11 bits per heavy atom. The number of carbonyl (C=O) groups is 1. The lowest BCUT2D eigenvalue weighted by Crippen LogP contribution is -2.12. The van der Waals surface area contributed by atoms with Crippen LogP contribution in [0.1, 0.15) is 10.4 Å². The zero-order chi connectivity index (χ0) is 19.2. The highest BCUT2D eigenvalue weighted by molar-refractivity contribution is 6.09. The molecule has 3 rings (SSSR count). The van der Waals surface area contributed by atoms with Gasteiger partial charge in [0, 0.05) is 17.1 Å². The second kappa shape index (κ2) is 8.23. The molecule has 0 unspecified atom stereocenters. The third-order valence-corrected chi connectivity index (χ3v) is 3.98. The smallest absolute Gasteiger partial charge is 0.255 e. The first-order chi connectivity index (χ1) is 13.2. The molecule has 1 amide bonds. The van der Waals surface area contributed by atoms with Gasteiger partial charge in [-0.25, -0.2) is 0 Å². The highest BCUT2D eigenvalue weighted by atomic mass is 16.5. The zero-order valence-corrected chi connectivity index (χ0v) is 15.2. The van der Waals surface area contributed by atoms with Crippen molar-refractivity contribution in [3.05, 3.63) is 66.9 Å². The van der Waals surface area contributed by atoms with E-state index in [1.165, 1.54) is 7.11 Å². The van der Waals surface area contributed by atoms with E-state index in [1.807, 2.05) is 12.1 Å². The molecule has 0 saturated heterocycles. The Hall–Kier alpha value is -3.54. The van der Waals surface area contributed by atoms with E-state index in [4.69, 9.17) is 14.2 Å². The van der Waals surface area contributed by atoms with Gasteiger partial charge in [0.1, 0.15) is 17.9 Å². The van der Waals surface area contributed by atoms with Crippen LogP contribution in [-0.2, 0) is 0 Å². The number of fused-ring (bicyclic) bond motifs is 1. The molecule has 2 aromatic carbocycles. The molecule has 0 bridgehead atoms. The van der Waals surface area contributed by atoms with Crippen LogP contribution < -0.4 is 19.5 Å².